The van der Waals surface area contributed by atoms with E-state index in [0.717, 1.165) is 35.2 Å². The molecule has 74 valence electrons. The molecule has 2 aliphatic rings. The topological polar surface area (TPSA) is 49.8 Å². The van der Waals surface area contributed by atoms with E-state index in [-0.39, 0.29) is 0 Å². The number of nitrogens with one attached hydrogen (secondary N) is 2. The average molecular weight is 255 g/mol. The summed E-state index contributed by atoms with van der Waals surface area (Å²) in [6, 6.07) is 0.613. The van der Waals surface area contributed by atoms with E-state index in [0.29, 0.717) is 6.04 Å². The summed E-state index contributed by atoms with van der Waals surface area (Å²) in [5.74, 6) is 2.52. The monoisotopic (exact) mass is 254 g/mol. The normalized spacial score (nSPS) is 33.9. The van der Waals surface area contributed by atoms with Crippen molar-refractivity contribution in [2.75, 3.05) is 18.4 Å². The smallest absolute Gasteiger partial charge is 0.143 e. The van der Waals surface area contributed by atoms with Gasteiger partial charge < -0.3 is 10.6 Å². The predicted molar refractivity (Wildman–Crippen MR) is 57.0 cm³/mol. The van der Waals surface area contributed by atoms with Crippen LogP contribution in [0.1, 0.15) is 0 Å². The molecule has 2 heterocycles. The number of aromatic nitrogens is 2. The molecule has 4 nitrogen and oxygen atoms in total. The third kappa shape index (κ3) is 1.31. The number of anilines is 1. The lowest BCUT2D eigenvalue weighted by Crippen LogP contribution is -2.21. The Bertz CT molecular complexity index is 346. The second-order valence-corrected chi connectivity index (χ2v) is 4.73. The number of fused-ring (bicyclic) bond motifs is 1. The molecule has 2 unspecified atom stereocenters. The molecular formula is C9H11BrN4. The molecule has 2 fully saturated rings. The Balaban J connectivity index is 1.71. The van der Waals surface area contributed by atoms with Crippen LogP contribution in [-0.2, 0) is 0 Å². The molecule has 0 amide bonds. The summed E-state index contributed by atoms with van der Waals surface area (Å²) in [5, 5.41) is 6.82. The number of nitrogens with zero attached hydrogens (tertiary/aromatic N) is 2. The van der Waals surface area contributed by atoms with Crippen molar-refractivity contribution in [1.29, 1.82) is 0 Å². The Kier molecular flexibility index (Phi) is 1.95. The van der Waals surface area contributed by atoms with Gasteiger partial charge in [-0.3, -0.25) is 0 Å². The molecule has 0 spiro atoms. The first-order valence-corrected chi connectivity index (χ1v) is 5.58. The Morgan fingerprint density at radius 1 is 1.43 bits per heavy atom. The standard InChI is InChI=1S/C9H11BrN4/c10-7-3-12-4-13-9(7)14-8-5-1-11-2-6(5)8/h3-6,8,11H,1-2H2,(H,12,13,14). The predicted octanol–water partition coefficient (Wildman–Crippen LogP) is 0.869. The molecule has 1 aromatic heterocycles. The fraction of sp³-hybridized carbons (Fsp3) is 0.556. The molecule has 2 N–H and O–H groups in total. The van der Waals surface area contributed by atoms with Crippen LogP contribution in [0.3, 0.4) is 0 Å². The lowest BCUT2D eigenvalue weighted by Gasteiger charge is -2.08. The van der Waals surface area contributed by atoms with Crippen LogP contribution in [0.5, 0.6) is 0 Å². The fourth-order valence-electron chi connectivity index (χ4n) is 2.21. The van der Waals surface area contributed by atoms with E-state index in [1.807, 2.05) is 0 Å². The van der Waals surface area contributed by atoms with E-state index in [9.17, 15) is 0 Å². The van der Waals surface area contributed by atoms with Gasteiger partial charge in [0, 0.05) is 25.3 Å². The van der Waals surface area contributed by atoms with Crippen LogP contribution in [0.25, 0.3) is 0 Å². The highest BCUT2D eigenvalue weighted by Gasteiger charge is 2.53. The Hall–Kier alpha value is -0.680. The molecular weight excluding hydrogens is 244 g/mol. The minimum absolute atomic E-state index is 0.613. The lowest BCUT2D eigenvalue weighted by atomic mass is 10.4. The van der Waals surface area contributed by atoms with Gasteiger partial charge in [0.05, 0.1) is 4.47 Å². The molecule has 3 rings (SSSR count). The van der Waals surface area contributed by atoms with Crippen molar-refractivity contribution in [1.82, 2.24) is 15.3 Å². The minimum atomic E-state index is 0.613. The zero-order valence-corrected chi connectivity index (χ0v) is 9.16. The van der Waals surface area contributed by atoms with Crippen molar-refractivity contribution in [3.8, 4) is 0 Å². The summed E-state index contributed by atoms with van der Waals surface area (Å²) in [6.45, 7) is 2.29. The molecule has 0 aromatic carbocycles. The summed E-state index contributed by atoms with van der Waals surface area (Å²) in [6.07, 6.45) is 3.34. The average Bonchev–Trinajstić information content (AvgIpc) is 2.64. The number of piperidine rings is 1. The summed E-state index contributed by atoms with van der Waals surface area (Å²) >= 11 is 3.43. The molecule has 1 aliphatic heterocycles. The number of halogens is 1. The Labute approximate surface area is 90.7 Å². The van der Waals surface area contributed by atoms with Gasteiger partial charge in [0.2, 0.25) is 0 Å². The van der Waals surface area contributed by atoms with E-state index < -0.39 is 0 Å². The second kappa shape index (κ2) is 3.17. The first-order valence-electron chi connectivity index (χ1n) is 4.79. The van der Waals surface area contributed by atoms with Gasteiger partial charge in [0.25, 0.3) is 0 Å². The molecule has 0 bridgehead atoms. The highest BCUT2D eigenvalue weighted by molar-refractivity contribution is 9.10. The van der Waals surface area contributed by atoms with Crippen LogP contribution in [0, 0.1) is 11.8 Å². The maximum absolute atomic E-state index is 4.20. The van der Waals surface area contributed by atoms with E-state index in [1.165, 1.54) is 0 Å². The van der Waals surface area contributed by atoms with Gasteiger partial charge in [-0.15, -0.1) is 0 Å². The maximum atomic E-state index is 4.20. The zero-order valence-electron chi connectivity index (χ0n) is 7.57. The quantitative estimate of drug-likeness (QED) is 0.823. The zero-order chi connectivity index (χ0) is 9.54. The van der Waals surface area contributed by atoms with E-state index in [1.54, 1.807) is 12.5 Å². The third-order valence-corrected chi connectivity index (χ3v) is 3.64. The van der Waals surface area contributed by atoms with Gasteiger partial charge in [0.15, 0.2) is 0 Å². The van der Waals surface area contributed by atoms with Gasteiger partial charge in [0.1, 0.15) is 12.1 Å². The van der Waals surface area contributed by atoms with Crippen LogP contribution in [0.15, 0.2) is 17.0 Å². The van der Waals surface area contributed by atoms with Gasteiger partial charge in [-0.25, -0.2) is 9.97 Å². The van der Waals surface area contributed by atoms with Crippen LogP contribution in [0.4, 0.5) is 5.82 Å². The van der Waals surface area contributed by atoms with Crippen molar-refractivity contribution >= 4 is 21.7 Å². The van der Waals surface area contributed by atoms with Crippen molar-refractivity contribution in [3.05, 3.63) is 17.0 Å². The molecule has 1 saturated heterocycles. The SMILES string of the molecule is Brc1cncnc1NC1C2CNCC21. The first kappa shape index (κ1) is 8.61. The highest BCUT2D eigenvalue weighted by atomic mass is 79.9. The van der Waals surface area contributed by atoms with Gasteiger partial charge >= 0.3 is 0 Å². The number of hydrogen-bond donors (Lipinski definition) is 2. The van der Waals surface area contributed by atoms with Gasteiger partial charge in [-0.05, 0) is 27.8 Å². The summed E-state index contributed by atoms with van der Waals surface area (Å²) in [5.41, 5.74) is 0. The molecule has 5 heteroatoms. The van der Waals surface area contributed by atoms with Crippen molar-refractivity contribution in [2.24, 2.45) is 11.8 Å². The Morgan fingerprint density at radius 2 is 2.21 bits per heavy atom. The van der Waals surface area contributed by atoms with Crippen molar-refractivity contribution in [3.63, 3.8) is 0 Å². The minimum Gasteiger partial charge on any atom is -0.366 e. The second-order valence-electron chi connectivity index (χ2n) is 3.88. The van der Waals surface area contributed by atoms with Crippen LogP contribution < -0.4 is 10.6 Å². The summed E-state index contributed by atoms with van der Waals surface area (Å²) in [7, 11) is 0. The first-order chi connectivity index (χ1) is 6.86. The van der Waals surface area contributed by atoms with Crippen molar-refractivity contribution < 1.29 is 0 Å². The summed E-state index contributed by atoms with van der Waals surface area (Å²) in [4.78, 5) is 8.13. The highest BCUT2D eigenvalue weighted by Crippen LogP contribution is 2.43. The van der Waals surface area contributed by atoms with Gasteiger partial charge in [-0.2, -0.15) is 0 Å². The molecule has 1 aromatic rings. The molecule has 1 aliphatic carbocycles. The number of hydrogen-bond acceptors (Lipinski definition) is 4. The molecule has 1 saturated carbocycles. The van der Waals surface area contributed by atoms with E-state index >= 15 is 0 Å². The third-order valence-electron chi connectivity index (χ3n) is 3.06. The largest absolute Gasteiger partial charge is 0.366 e. The molecule has 0 radical (unpaired) electrons. The fourth-order valence-corrected chi connectivity index (χ4v) is 2.54. The van der Waals surface area contributed by atoms with Crippen LogP contribution >= 0.6 is 15.9 Å². The molecule has 2 atom stereocenters. The van der Waals surface area contributed by atoms with Crippen LogP contribution in [0.2, 0.25) is 0 Å². The van der Waals surface area contributed by atoms with E-state index in [2.05, 4.69) is 36.5 Å². The van der Waals surface area contributed by atoms with Crippen LogP contribution in [-0.4, -0.2) is 29.1 Å². The Morgan fingerprint density at radius 3 is 2.93 bits per heavy atom. The van der Waals surface area contributed by atoms with Gasteiger partial charge in [-0.1, -0.05) is 0 Å². The lowest BCUT2D eigenvalue weighted by molar-refractivity contribution is 0.695. The van der Waals surface area contributed by atoms with Crippen molar-refractivity contribution in [2.45, 2.75) is 6.04 Å². The summed E-state index contributed by atoms with van der Waals surface area (Å²) < 4.78 is 0.943. The number of rotatable bonds is 2. The molecule has 14 heavy (non-hydrogen) atoms. The van der Waals surface area contributed by atoms with E-state index in [4.69, 9.17) is 0 Å². The maximum Gasteiger partial charge on any atom is 0.143 e.